The fraction of sp³-hybridized carbons (Fsp3) is 0.308. The first-order valence-electron chi connectivity index (χ1n) is 5.21. The predicted molar refractivity (Wildman–Crippen MR) is 64.7 cm³/mol. The molecular formula is C13H13BrO. The normalized spacial score (nSPS) is 20.6. The molecule has 2 rings (SSSR count). The van der Waals surface area contributed by atoms with Crippen molar-refractivity contribution in [2.45, 2.75) is 19.3 Å². The van der Waals surface area contributed by atoms with Crippen molar-refractivity contribution in [1.29, 1.82) is 0 Å². The van der Waals surface area contributed by atoms with Gasteiger partial charge in [-0.2, -0.15) is 0 Å². The van der Waals surface area contributed by atoms with E-state index in [4.69, 9.17) is 0 Å². The summed E-state index contributed by atoms with van der Waals surface area (Å²) in [7, 11) is 0. The molecule has 1 aromatic rings. The molecule has 1 aliphatic carbocycles. The van der Waals surface area contributed by atoms with Crippen LogP contribution in [0.3, 0.4) is 0 Å². The molecule has 78 valence electrons. The molecule has 1 aliphatic rings. The van der Waals surface area contributed by atoms with Crippen LogP contribution in [0.4, 0.5) is 0 Å². The summed E-state index contributed by atoms with van der Waals surface area (Å²) in [5, 5.41) is 0. The number of ketones is 1. The summed E-state index contributed by atoms with van der Waals surface area (Å²) >= 11 is 3.51. The summed E-state index contributed by atoms with van der Waals surface area (Å²) < 4.78 is 1.10. The number of carbonyl (C=O) groups excluding carboxylic acids is 1. The van der Waals surface area contributed by atoms with E-state index in [1.165, 1.54) is 5.56 Å². The number of rotatable bonds is 2. The lowest BCUT2D eigenvalue weighted by Crippen LogP contribution is -2.17. The molecule has 1 atom stereocenters. The molecule has 1 nitrogen and oxygen atoms in total. The van der Waals surface area contributed by atoms with Crippen LogP contribution in [0.1, 0.15) is 18.4 Å². The van der Waals surface area contributed by atoms with Crippen LogP contribution in [-0.2, 0) is 11.2 Å². The van der Waals surface area contributed by atoms with Crippen molar-refractivity contribution in [2.75, 3.05) is 0 Å². The van der Waals surface area contributed by atoms with Gasteiger partial charge < -0.3 is 0 Å². The van der Waals surface area contributed by atoms with E-state index >= 15 is 0 Å². The zero-order valence-corrected chi connectivity index (χ0v) is 10.0. The number of allylic oxidation sites excluding steroid dienone is 2. The first-order chi connectivity index (χ1) is 7.27. The van der Waals surface area contributed by atoms with Gasteiger partial charge in [-0.25, -0.2) is 0 Å². The second kappa shape index (κ2) is 4.75. The highest BCUT2D eigenvalue weighted by molar-refractivity contribution is 9.10. The maximum Gasteiger partial charge on any atom is 0.158 e. The number of hydrogen-bond acceptors (Lipinski definition) is 1. The highest BCUT2D eigenvalue weighted by Crippen LogP contribution is 2.24. The van der Waals surface area contributed by atoms with Gasteiger partial charge in [0.15, 0.2) is 5.78 Å². The van der Waals surface area contributed by atoms with Crippen LogP contribution in [0.2, 0.25) is 0 Å². The number of hydrogen-bond donors (Lipinski definition) is 0. The third-order valence-electron chi connectivity index (χ3n) is 2.79. The largest absolute Gasteiger partial charge is 0.295 e. The van der Waals surface area contributed by atoms with Gasteiger partial charge in [-0.3, -0.25) is 4.79 Å². The first-order valence-corrected chi connectivity index (χ1v) is 6.00. The SMILES string of the molecule is O=C1C=CCCC1Cc1ccccc1Br. The van der Waals surface area contributed by atoms with E-state index in [1.807, 2.05) is 24.3 Å². The van der Waals surface area contributed by atoms with E-state index in [2.05, 4.69) is 22.0 Å². The topological polar surface area (TPSA) is 17.1 Å². The molecule has 0 bridgehead atoms. The van der Waals surface area contributed by atoms with Crippen molar-refractivity contribution in [2.24, 2.45) is 5.92 Å². The number of carbonyl (C=O) groups is 1. The van der Waals surface area contributed by atoms with E-state index in [9.17, 15) is 4.79 Å². The second-order valence-electron chi connectivity index (χ2n) is 3.87. The molecule has 0 aromatic heterocycles. The average molecular weight is 265 g/mol. The summed E-state index contributed by atoms with van der Waals surface area (Å²) in [5.74, 6) is 0.450. The van der Waals surface area contributed by atoms with E-state index in [1.54, 1.807) is 6.08 Å². The quantitative estimate of drug-likeness (QED) is 0.799. The smallest absolute Gasteiger partial charge is 0.158 e. The Morgan fingerprint density at radius 3 is 2.87 bits per heavy atom. The Kier molecular flexibility index (Phi) is 3.37. The Hall–Kier alpha value is -0.890. The Morgan fingerprint density at radius 2 is 2.13 bits per heavy atom. The summed E-state index contributed by atoms with van der Waals surface area (Å²) in [5.41, 5.74) is 1.23. The van der Waals surface area contributed by atoms with Gasteiger partial charge in [-0.1, -0.05) is 40.2 Å². The molecule has 15 heavy (non-hydrogen) atoms. The lowest BCUT2D eigenvalue weighted by molar-refractivity contribution is -0.118. The standard InChI is InChI=1S/C13H13BrO/c14-12-7-3-1-5-10(12)9-11-6-2-4-8-13(11)15/h1,3-5,7-8,11H,2,6,9H2. The van der Waals surface area contributed by atoms with E-state index in [-0.39, 0.29) is 11.7 Å². The van der Waals surface area contributed by atoms with E-state index < -0.39 is 0 Å². The Labute approximate surface area is 98.3 Å². The van der Waals surface area contributed by atoms with Gasteiger partial charge in [0.2, 0.25) is 0 Å². The molecule has 0 aliphatic heterocycles. The minimum Gasteiger partial charge on any atom is -0.295 e. The van der Waals surface area contributed by atoms with Crippen LogP contribution in [0, 0.1) is 5.92 Å². The molecule has 0 saturated carbocycles. The van der Waals surface area contributed by atoms with Crippen LogP contribution in [-0.4, -0.2) is 5.78 Å². The molecule has 2 heteroatoms. The van der Waals surface area contributed by atoms with Crippen LogP contribution < -0.4 is 0 Å². The van der Waals surface area contributed by atoms with Crippen LogP contribution in [0.15, 0.2) is 40.9 Å². The average Bonchev–Trinajstić information content (AvgIpc) is 2.24. The zero-order valence-electron chi connectivity index (χ0n) is 8.45. The van der Waals surface area contributed by atoms with Gasteiger partial charge in [-0.05, 0) is 37.0 Å². The molecule has 0 heterocycles. The summed E-state index contributed by atoms with van der Waals surface area (Å²) in [6.45, 7) is 0. The predicted octanol–water partition coefficient (Wildman–Crippen LogP) is 3.53. The van der Waals surface area contributed by atoms with Gasteiger partial charge in [-0.15, -0.1) is 0 Å². The van der Waals surface area contributed by atoms with Crippen LogP contribution in [0.25, 0.3) is 0 Å². The highest BCUT2D eigenvalue weighted by Gasteiger charge is 2.19. The Bertz CT molecular complexity index is 395. The third-order valence-corrected chi connectivity index (χ3v) is 3.56. The van der Waals surface area contributed by atoms with Gasteiger partial charge in [0.25, 0.3) is 0 Å². The van der Waals surface area contributed by atoms with E-state index in [0.717, 1.165) is 23.7 Å². The minimum absolute atomic E-state index is 0.175. The van der Waals surface area contributed by atoms with Crippen molar-refractivity contribution in [3.8, 4) is 0 Å². The molecule has 0 N–H and O–H groups in total. The molecule has 0 spiro atoms. The molecule has 0 fully saturated rings. The first kappa shape index (κ1) is 10.6. The zero-order chi connectivity index (χ0) is 10.7. The lowest BCUT2D eigenvalue weighted by atomic mass is 9.87. The third kappa shape index (κ3) is 2.57. The van der Waals surface area contributed by atoms with Crippen LogP contribution >= 0.6 is 15.9 Å². The van der Waals surface area contributed by atoms with Gasteiger partial charge in [0.05, 0.1) is 0 Å². The second-order valence-corrected chi connectivity index (χ2v) is 4.73. The maximum atomic E-state index is 11.6. The summed E-state index contributed by atoms with van der Waals surface area (Å²) in [6.07, 6.45) is 6.56. The molecule has 0 amide bonds. The Balaban J connectivity index is 2.12. The van der Waals surface area contributed by atoms with E-state index in [0.29, 0.717) is 0 Å². The molecule has 1 unspecified atom stereocenters. The summed E-state index contributed by atoms with van der Waals surface area (Å²) in [4.78, 5) is 11.6. The monoisotopic (exact) mass is 264 g/mol. The highest BCUT2D eigenvalue weighted by atomic mass is 79.9. The fourth-order valence-electron chi connectivity index (χ4n) is 1.91. The van der Waals surface area contributed by atoms with Crippen molar-refractivity contribution in [3.05, 3.63) is 46.5 Å². The van der Waals surface area contributed by atoms with Gasteiger partial charge in [0.1, 0.15) is 0 Å². The minimum atomic E-state index is 0.175. The van der Waals surface area contributed by atoms with Gasteiger partial charge >= 0.3 is 0 Å². The Morgan fingerprint density at radius 1 is 1.33 bits per heavy atom. The van der Waals surface area contributed by atoms with Crippen molar-refractivity contribution >= 4 is 21.7 Å². The molecule has 0 radical (unpaired) electrons. The number of halogens is 1. The molecule has 0 saturated heterocycles. The fourth-order valence-corrected chi connectivity index (χ4v) is 2.35. The molecule has 1 aromatic carbocycles. The van der Waals surface area contributed by atoms with Crippen molar-refractivity contribution < 1.29 is 4.79 Å². The molecular weight excluding hydrogens is 252 g/mol. The van der Waals surface area contributed by atoms with Crippen molar-refractivity contribution in [1.82, 2.24) is 0 Å². The lowest BCUT2D eigenvalue weighted by Gasteiger charge is -2.17. The number of benzene rings is 1. The van der Waals surface area contributed by atoms with Crippen LogP contribution in [0.5, 0.6) is 0 Å². The summed E-state index contributed by atoms with van der Waals surface area (Å²) in [6, 6.07) is 8.12. The van der Waals surface area contributed by atoms with Crippen molar-refractivity contribution in [3.63, 3.8) is 0 Å². The van der Waals surface area contributed by atoms with Gasteiger partial charge in [0, 0.05) is 10.4 Å². The maximum absolute atomic E-state index is 11.6.